The smallest absolute Gasteiger partial charge is 0.270 e. The van der Waals surface area contributed by atoms with Crippen molar-refractivity contribution in [1.29, 1.82) is 5.26 Å². The Morgan fingerprint density at radius 3 is 2.68 bits per heavy atom. The van der Waals surface area contributed by atoms with E-state index in [0.29, 0.717) is 31.6 Å². The summed E-state index contributed by atoms with van der Waals surface area (Å²) in [6.07, 6.45) is 1.39. The van der Waals surface area contributed by atoms with Crippen LogP contribution in [0.25, 0.3) is 10.9 Å². The first-order chi connectivity index (χ1) is 12.1. The summed E-state index contributed by atoms with van der Waals surface area (Å²) in [6, 6.07) is 9.62. The van der Waals surface area contributed by atoms with Gasteiger partial charge in [0.2, 0.25) is 5.91 Å². The average Bonchev–Trinajstić information content (AvgIpc) is 2.65. The minimum Gasteiger partial charge on any atom is -0.387 e. The van der Waals surface area contributed by atoms with Crippen LogP contribution >= 0.6 is 0 Å². The van der Waals surface area contributed by atoms with Crippen molar-refractivity contribution in [2.45, 2.75) is 18.9 Å². The molecular formula is C18H20N4O3. The van der Waals surface area contributed by atoms with Crippen molar-refractivity contribution >= 4 is 22.5 Å². The van der Waals surface area contributed by atoms with Crippen molar-refractivity contribution in [3.8, 4) is 6.07 Å². The zero-order chi connectivity index (χ0) is 18.0. The van der Waals surface area contributed by atoms with Gasteiger partial charge in [-0.15, -0.1) is 0 Å². The van der Waals surface area contributed by atoms with Gasteiger partial charge in [0, 0.05) is 31.6 Å². The Morgan fingerprint density at radius 1 is 1.36 bits per heavy atom. The molecule has 3 rings (SSSR count). The lowest BCUT2D eigenvalue weighted by atomic mass is 10.0. The molecule has 7 nitrogen and oxygen atoms in total. The molecule has 1 aromatic carbocycles. The Bertz CT molecular complexity index is 905. The molecule has 0 atom stereocenters. The lowest BCUT2D eigenvalue weighted by Gasteiger charge is -2.35. The van der Waals surface area contributed by atoms with E-state index in [-0.39, 0.29) is 23.1 Å². The standard InChI is InChI=1S/C18H20N4O3/c1-21-15-5-3-2-4-13(15)17(14(10-19)18(21)25)22-8-6-12(7-9-22)20-16(24)11-23/h2-5,12,23H,6-9,11H2,1H3,(H,20,24). The molecule has 130 valence electrons. The maximum absolute atomic E-state index is 12.6. The number of aromatic nitrogens is 1. The fourth-order valence-corrected chi connectivity index (χ4v) is 3.43. The molecule has 0 spiro atoms. The fourth-order valence-electron chi connectivity index (χ4n) is 3.43. The number of amides is 1. The predicted molar refractivity (Wildman–Crippen MR) is 94.4 cm³/mol. The summed E-state index contributed by atoms with van der Waals surface area (Å²) >= 11 is 0. The highest BCUT2D eigenvalue weighted by Crippen LogP contribution is 2.30. The number of fused-ring (bicyclic) bond motifs is 1. The molecule has 0 saturated carbocycles. The van der Waals surface area contributed by atoms with E-state index in [1.165, 1.54) is 4.57 Å². The number of aliphatic hydroxyl groups excluding tert-OH is 1. The van der Waals surface area contributed by atoms with Crippen LogP contribution in [-0.2, 0) is 11.8 Å². The molecule has 25 heavy (non-hydrogen) atoms. The maximum Gasteiger partial charge on any atom is 0.270 e. The average molecular weight is 340 g/mol. The van der Waals surface area contributed by atoms with Crippen molar-refractivity contribution in [2.75, 3.05) is 24.6 Å². The Kier molecular flexibility index (Phi) is 4.72. The number of aryl methyl sites for hydroxylation is 1. The Labute approximate surface area is 145 Å². The highest BCUT2D eigenvalue weighted by Gasteiger charge is 2.25. The molecule has 2 heterocycles. The summed E-state index contributed by atoms with van der Waals surface area (Å²) < 4.78 is 1.51. The van der Waals surface area contributed by atoms with E-state index in [1.54, 1.807) is 7.05 Å². The van der Waals surface area contributed by atoms with E-state index < -0.39 is 6.61 Å². The lowest BCUT2D eigenvalue weighted by Crippen LogP contribution is -2.46. The summed E-state index contributed by atoms with van der Waals surface area (Å²) in [6.45, 7) is 0.739. The van der Waals surface area contributed by atoms with Crippen molar-refractivity contribution in [1.82, 2.24) is 9.88 Å². The van der Waals surface area contributed by atoms with E-state index in [1.807, 2.05) is 29.2 Å². The number of nitriles is 1. The maximum atomic E-state index is 12.6. The van der Waals surface area contributed by atoms with Crippen LogP contribution in [0.5, 0.6) is 0 Å². The summed E-state index contributed by atoms with van der Waals surface area (Å²) in [4.78, 5) is 25.9. The van der Waals surface area contributed by atoms with Crippen molar-refractivity contribution < 1.29 is 9.90 Å². The first-order valence-corrected chi connectivity index (χ1v) is 8.23. The van der Waals surface area contributed by atoms with Gasteiger partial charge >= 0.3 is 0 Å². The topological polar surface area (TPSA) is 98.4 Å². The molecule has 2 aromatic rings. The number of nitrogens with one attached hydrogen (secondary N) is 1. The van der Waals surface area contributed by atoms with Crippen LogP contribution in [0.15, 0.2) is 29.1 Å². The summed E-state index contributed by atoms with van der Waals surface area (Å²) in [5.74, 6) is -0.379. The summed E-state index contributed by atoms with van der Waals surface area (Å²) in [5.41, 5.74) is 1.32. The molecule has 0 bridgehead atoms. The predicted octanol–water partition coefficient (Wildman–Crippen LogP) is 0.487. The Balaban J connectivity index is 1.97. The van der Waals surface area contributed by atoms with Gasteiger partial charge in [0.05, 0.1) is 11.2 Å². The highest BCUT2D eigenvalue weighted by molar-refractivity contribution is 5.95. The van der Waals surface area contributed by atoms with Crippen molar-refractivity contribution in [3.63, 3.8) is 0 Å². The molecule has 1 fully saturated rings. The molecule has 1 aliphatic heterocycles. The van der Waals surface area contributed by atoms with E-state index in [9.17, 15) is 14.9 Å². The van der Waals surface area contributed by atoms with Crippen molar-refractivity contribution in [2.24, 2.45) is 7.05 Å². The quantitative estimate of drug-likeness (QED) is 0.847. The number of aliphatic hydroxyl groups is 1. The van der Waals surface area contributed by atoms with Crippen LogP contribution in [0, 0.1) is 11.3 Å². The number of carbonyl (C=O) groups is 1. The third-order valence-corrected chi connectivity index (χ3v) is 4.71. The Hall–Kier alpha value is -2.85. The first-order valence-electron chi connectivity index (χ1n) is 8.23. The summed E-state index contributed by atoms with van der Waals surface area (Å²) in [5, 5.41) is 22.0. The first kappa shape index (κ1) is 17.0. The third kappa shape index (κ3) is 3.08. The van der Waals surface area contributed by atoms with Gasteiger partial charge in [-0.25, -0.2) is 0 Å². The molecule has 0 radical (unpaired) electrons. The zero-order valence-corrected chi connectivity index (χ0v) is 14.0. The molecule has 0 unspecified atom stereocenters. The highest BCUT2D eigenvalue weighted by atomic mass is 16.3. The molecule has 0 aliphatic carbocycles. The Morgan fingerprint density at radius 2 is 2.04 bits per heavy atom. The number of benzene rings is 1. The molecule has 1 amide bonds. The van der Waals surface area contributed by atoms with E-state index in [0.717, 1.165) is 10.9 Å². The summed E-state index contributed by atoms with van der Waals surface area (Å²) in [7, 11) is 1.67. The normalized spacial score (nSPS) is 15.2. The molecule has 1 saturated heterocycles. The monoisotopic (exact) mass is 340 g/mol. The number of para-hydroxylation sites is 1. The second-order valence-electron chi connectivity index (χ2n) is 6.20. The second-order valence-corrected chi connectivity index (χ2v) is 6.20. The second kappa shape index (κ2) is 6.95. The van der Waals surface area contributed by atoms with Gasteiger partial charge in [-0.2, -0.15) is 5.26 Å². The minimum atomic E-state index is -0.516. The van der Waals surface area contributed by atoms with Crippen LogP contribution in [0.1, 0.15) is 18.4 Å². The number of hydrogen-bond acceptors (Lipinski definition) is 5. The molecule has 1 aliphatic rings. The van der Waals surface area contributed by atoms with Crippen LogP contribution in [0.2, 0.25) is 0 Å². The number of hydrogen-bond donors (Lipinski definition) is 2. The van der Waals surface area contributed by atoms with Crippen LogP contribution in [-0.4, -0.2) is 41.3 Å². The number of anilines is 1. The molecular weight excluding hydrogens is 320 g/mol. The van der Waals surface area contributed by atoms with Crippen LogP contribution in [0.4, 0.5) is 5.69 Å². The minimum absolute atomic E-state index is 0.000699. The third-order valence-electron chi connectivity index (χ3n) is 4.71. The lowest BCUT2D eigenvalue weighted by molar-refractivity contribution is -0.124. The largest absolute Gasteiger partial charge is 0.387 e. The van der Waals surface area contributed by atoms with Crippen molar-refractivity contribution in [3.05, 3.63) is 40.2 Å². The molecule has 7 heteroatoms. The molecule has 1 aromatic heterocycles. The van der Waals surface area contributed by atoms with Gasteiger partial charge in [0.1, 0.15) is 18.2 Å². The van der Waals surface area contributed by atoms with E-state index >= 15 is 0 Å². The van der Waals surface area contributed by atoms with Gasteiger partial charge < -0.3 is 19.9 Å². The van der Waals surface area contributed by atoms with E-state index in [4.69, 9.17) is 5.11 Å². The van der Waals surface area contributed by atoms with Gasteiger partial charge in [-0.1, -0.05) is 18.2 Å². The van der Waals surface area contributed by atoms with Gasteiger partial charge in [-0.3, -0.25) is 9.59 Å². The number of pyridine rings is 1. The van der Waals surface area contributed by atoms with Gasteiger partial charge in [0.15, 0.2) is 0 Å². The van der Waals surface area contributed by atoms with E-state index in [2.05, 4.69) is 11.4 Å². The number of rotatable bonds is 3. The fraction of sp³-hybridized carbons (Fsp3) is 0.389. The number of carbonyl (C=O) groups excluding carboxylic acids is 1. The number of piperidine rings is 1. The van der Waals surface area contributed by atoms with Gasteiger partial charge in [0.25, 0.3) is 5.56 Å². The van der Waals surface area contributed by atoms with Gasteiger partial charge in [-0.05, 0) is 18.9 Å². The number of nitrogens with zero attached hydrogens (tertiary/aromatic N) is 3. The SMILES string of the molecule is Cn1c(=O)c(C#N)c(N2CCC(NC(=O)CO)CC2)c2ccccc21. The van der Waals surface area contributed by atoms with Crippen LogP contribution < -0.4 is 15.8 Å². The van der Waals surface area contributed by atoms with Crippen LogP contribution in [0.3, 0.4) is 0 Å². The zero-order valence-electron chi connectivity index (χ0n) is 14.0. The molecule has 2 N–H and O–H groups in total.